The van der Waals surface area contributed by atoms with Crippen molar-refractivity contribution in [1.29, 1.82) is 0 Å². The molecule has 0 saturated heterocycles. The van der Waals surface area contributed by atoms with Crippen molar-refractivity contribution in [1.82, 2.24) is 24.5 Å². The molecule has 1 aromatic carbocycles. The Morgan fingerprint density at radius 3 is 2.93 bits per heavy atom. The normalized spacial score (nSPS) is 11.2. The van der Waals surface area contributed by atoms with Crippen LogP contribution in [0.4, 0.5) is 17.5 Å². The summed E-state index contributed by atoms with van der Waals surface area (Å²) in [6.45, 7) is 2.94. The van der Waals surface area contributed by atoms with Gasteiger partial charge >= 0.3 is 0 Å². The Balaban J connectivity index is 1.59. The van der Waals surface area contributed by atoms with E-state index in [1.807, 2.05) is 40.3 Å². The van der Waals surface area contributed by atoms with E-state index in [0.717, 1.165) is 52.2 Å². The summed E-state index contributed by atoms with van der Waals surface area (Å²) < 4.78 is 1.99. The topological polar surface area (TPSA) is 80.6 Å². The number of hydrogen-bond donors (Lipinski definition) is 2. The minimum absolute atomic E-state index is 0.524. The molecule has 0 saturated carbocycles. The molecule has 0 amide bonds. The first-order valence-electron chi connectivity index (χ1n) is 9.45. The molecule has 0 fully saturated rings. The van der Waals surface area contributed by atoms with E-state index >= 15 is 0 Å². The predicted octanol–water partition coefficient (Wildman–Crippen LogP) is 4.99. The van der Waals surface area contributed by atoms with Crippen LogP contribution in [0.2, 0.25) is 0 Å². The Labute approximate surface area is 171 Å². The smallest absolute Gasteiger partial charge is 0.231 e. The molecule has 0 aliphatic carbocycles. The van der Waals surface area contributed by atoms with Gasteiger partial charge in [-0.25, -0.2) is 4.98 Å². The number of anilines is 3. The van der Waals surface area contributed by atoms with Crippen LogP contribution in [0, 0.1) is 0 Å². The first-order valence-corrected chi connectivity index (χ1v) is 10.4. The van der Waals surface area contributed by atoms with Crippen molar-refractivity contribution in [2.45, 2.75) is 13.3 Å². The van der Waals surface area contributed by atoms with E-state index in [-0.39, 0.29) is 0 Å². The number of thiophene rings is 1. The summed E-state index contributed by atoms with van der Waals surface area (Å²) in [4.78, 5) is 18.4. The minimum atomic E-state index is 0.524. The molecule has 5 aromatic rings. The summed E-state index contributed by atoms with van der Waals surface area (Å²) in [5, 5.41) is 11.9. The van der Waals surface area contributed by atoms with Crippen LogP contribution in [0.1, 0.15) is 13.3 Å². The number of nitrogens with zero attached hydrogens (tertiary/aromatic N) is 5. The van der Waals surface area contributed by atoms with Crippen molar-refractivity contribution in [3.05, 3.63) is 59.7 Å². The molecular weight excluding hydrogens is 382 g/mol. The van der Waals surface area contributed by atoms with Crippen LogP contribution in [0.15, 0.2) is 59.7 Å². The molecule has 4 heterocycles. The van der Waals surface area contributed by atoms with Gasteiger partial charge in [0.2, 0.25) is 5.95 Å². The first kappa shape index (κ1) is 17.6. The number of hydrogen-bond acceptors (Lipinski definition) is 7. The molecule has 0 aliphatic rings. The van der Waals surface area contributed by atoms with Crippen LogP contribution < -0.4 is 10.6 Å². The van der Waals surface area contributed by atoms with E-state index in [9.17, 15) is 0 Å². The summed E-state index contributed by atoms with van der Waals surface area (Å²) in [6, 6.07) is 12.0. The monoisotopic (exact) mass is 401 g/mol. The van der Waals surface area contributed by atoms with E-state index in [0.29, 0.717) is 5.95 Å². The Morgan fingerprint density at radius 2 is 2.07 bits per heavy atom. The van der Waals surface area contributed by atoms with Gasteiger partial charge in [-0.1, -0.05) is 13.0 Å². The number of pyridine rings is 1. The molecule has 0 bridgehead atoms. The maximum absolute atomic E-state index is 4.76. The van der Waals surface area contributed by atoms with Crippen LogP contribution in [0.3, 0.4) is 0 Å². The van der Waals surface area contributed by atoms with Gasteiger partial charge in [-0.2, -0.15) is 21.3 Å². The van der Waals surface area contributed by atoms with Crippen molar-refractivity contribution in [3.8, 4) is 5.69 Å². The van der Waals surface area contributed by atoms with Gasteiger partial charge in [-0.15, -0.1) is 0 Å². The molecule has 0 unspecified atom stereocenters. The largest absolute Gasteiger partial charge is 0.368 e. The van der Waals surface area contributed by atoms with Crippen molar-refractivity contribution in [2.75, 3.05) is 17.2 Å². The van der Waals surface area contributed by atoms with Gasteiger partial charge in [-0.05, 0) is 42.1 Å². The fourth-order valence-corrected chi connectivity index (χ4v) is 3.82. The molecule has 0 spiro atoms. The zero-order chi connectivity index (χ0) is 19.6. The van der Waals surface area contributed by atoms with Gasteiger partial charge in [0.25, 0.3) is 0 Å². The maximum Gasteiger partial charge on any atom is 0.231 e. The number of aromatic nitrogens is 5. The van der Waals surface area contributed by atoms with Gasteiger partial charge in [0, 0.05) is 29.2 Å². The third kappa shape index (κ3) is 3.38. The van der Waals surface area contributed by atoms with Gasteiger partial charge in [0.1, 0.15) is 6.33 Å². The van der Waals surface area contributed by atoms with Crippen LogP contribution in [-0.4, -0.2) is 31.0 Å². The molecule has 2 N–H and O–H groups in total. The third-order valence-corrected chi connectivity index (χ3v) is 5.25. The first-order chi connectivity index (χ1) is 14.3. The number of rotatable bonds is 6. The van der Waals surface area contributed by atoms with Crippen molar-refractivity contribution in [3.63, 3.8) is 0 Å². The van der Waals surface area contributed by atoms with Gasteiger partial charge < -0.3 is 10.6 Å². The third-order valence-electron chi connectivity index (χ3n) is 4.58. The predicted molar refractivity (Wildman–Crippen MR) is 118 cm³/mol. The highest BCUT2D eigenvalue weighted by atomic mass is 32.1. The second kappa shape index (κ2) is 7.48. The highest BCUT2D eigenvalue weighted by Crippen LogP contribution is 2.26. The summed E-state index contributed by atoms with van der Waals surface area (Å²) in [6.07, 6.45) is 4.59. The molecule has 144 valence electrons. The molecule has 5 rings (SSSR count). The highest BCUT2D eigenvalue weighted by molar-refractivity contribution is 7.08. The second-order valence-corrected chi connectivity index (χ2v) is 7.41. The van der Waals surface area contributed by atoms with Crippen molar-refractivity contribution in [2.24, 2.45) is 0 Å². The fourth-order valence-electron chi connectivity index (χ4n) is 3.19. The van der Waals surface area contributed by atoms with Crippen molar-refractivity contribution < 1.29 is 0 Å². The maximum atomic E-state index is 4.76. The summed E-state index contributed by atoms with van der Waals surface area (Å²) in [5.41, 5.74) is 4.43. The second-order valence-electron chi connectivity index (χ2n) is 6.63. The Morgan fingerprint density at radius 1 is 1.10 bits per heavy atom. The van der Waals surface area contributed by atoms with Crippen molar-refractivity contribution >= 4 is 50.9 Å². The lowest BCUT2D eigenvalue weighted by molar-refractivity contribution is 0.969. The van der Waals surface area contributed by atoms with Crippen LogP contribution in [0.5, 0.6) is 0 Å². The molecule has 4 aromatic heterocycles. The minimum Gasteiger partial charge on any atom is -0.368 e. The standard InChI is InChI=1S/C21H19N7S/c1-2-8-23-19-18-20(28(13-24-18)16-7-10-29-12-16)27-21(26-19)25-15-5-6-17-14(11-15)4-3-9-22-17/h3-7,9-13H,2,8H2,1H3,(H2,23,25,26,27). The molecular formula is C21H19N7S. The molecule has 0 atom stereocenters. The van der Waals surface area contributed by atoms with E-state index in [2.05, 4.69) is 44.0 Å². The average molecular weight is 401 g/mol. The Bertz CT molecular complexity index is 1280. The quantitative estimate of drug-likeness (QED) is 0.417. The lowest BCUT2D eigenvalue weighted by atomic mass is 10.2. The molecule has 29 heavy (non-hydrogen) atoms. The Hall–Kier alpha value is -3.52. The van der Waals surface area contributed by atoms with Gasteiger partial charge in [-0.3, -0.25) is 9.55 Å². The number of nitrogens with one attached hydrogen (secondary N) is 2. The van der Waals surface area contributed by atoms with Crippen LogP contribution >= 0.6 is 11.3 Å². The van der Waals surface area contributed by atoms with Crippen LogP contribution in [0.25, 0.3) is 27.8 Å². The summed E-state index contributed by atoms with van der Waals surface area (Å²) >= 11 is 1.64. The molecule has 0 aliphatic heterocycles. The van der Waals surface area contributed by atoms with E-state index in [4.69, 9.17) is 4.98 Å². The average Bonchev–Trinajstić information content (AvgIpc) is 3.41. The van der Waals surface area contributed by atoms with Gasteiger partial charge in [0.05, 0.1) is 11.2 Å². The van der Waals surface area contributed by atoms with E-state index < -0.39 is 0 Å². The molecule has 8 heteroatoms. The summed E-state index contributed by atoms with van der Waals surface area (Å²) in [7, 11) is 0. The highest BCUT2D eigenvalue weighted by Gasteiger charge is 2.14. The SMILES string of the molecule is CCCNc1nc(Nc2ccc3ncccc3c2)nc2c1ncn2-c1ccsc1. The molecule has 0 radical (unpaired) electrons. The summed E-state index contributed by atoms with van der Waals surface area (Å²) in [5.74, 6) is 1.26. The molecule has 7 nitrogen and oxygen atoms in total. The van der Waals surface area contributed by atoms with E-state index in [1.54, 1.807) is 23.9 Å². The number of fused-ring (bicyclic) bond motifs is 2. The zero-order valence-corrected chi connectivity index (χ0v) is 16.6. The lowest BCUT2D eigenvalue weighted by Crippen LogP contribution is -2.07. The number of imidazole rings is 1. The lowest BCUT2D eigenvalue weighted by Gasteiger charge is -2.10. The number of benzene rings is 1. The Kier molecular flexibility index (Phi) is 4.53. The fraction of sp³-hybridized carbons (Fsp3) is 0.143. The van der Waals surface area contributed by atoms with E-state index in [1.165, 1.54) is 0 Å². The van der Waals surface area contributed by atoms with Gasteiger partial charge in [0.15, 0.2) is 17.0 Å². The zero-order valence-electron chi connectivity index (χ0n) is 15.8. The van der Waals surface area contributed by atoms with Crippen LogP contribution in [-0.2, 0) is 0 Å².